The van der Waals surface area contributed by atoms with Crippen molar-refractivity contribution < 1.29 is 9.90 Å². The Bertz CT molecular complexity index is 410. The highest BCUT2D eigenvalue weighted by molar-refractivity contribution is 5.75. The minimum Gasteiger partial charge on any atom is -0.480 e. The maximum Gasteiger partial charge on any atom is 0.325 e. The lowest BCUT2D eigenvalue weighted by Crippen LogP contribution is -2.47. The third kappa shape index (κ3) is 2.70. The highest BCUT2D eigenvalue weighted by atomic mass is 16.4. The van der Waals surface area contributed by atoms with Crippen molar-refractivity contribution in [1.82, 2.24) is 19.6 Å². The number of aliphatic carboxylic acids is 1. The van der Waals surface area contributed by atoms with Crippen LogP contribution in [0.1, 0.15) is 18.5 Å². The zero-order valence-electron chi connectivity index (χ0n) is 10.9. The van der Waals surface area contributed by atoms with Gasteiger partial charge in [0, 0.05) is 44.5 Å². The van der Waals surface area contributed by atoms with Gasteiger partial charge in [0.25, 0.3) is 0 Å². The molecule has 1 aliphatic rings. The molecule has 0 spiro atoms. The SMILES string of the molecule is CCn1cc(C(C(=O)O)N2CCN(C)CC2)cn1. The Balaban J connectivity index is 2.15. The van der Waals surface area contributed by atoms with Crippen LogP contribution < -0.4 is 0 Å². The number of aryl methyl sites for hydroxylation is 1. The fourth-order valence-corrected chi connectivity index (χ4v) is 2.28. The second kappa shape index (κ2) is 5.49. The normalized spacial score (nSPS) is 19.9. The third-order valence-corrected chi connectivity index (χ3v) is 3.43. The summed E-state index contributed by atoms with van der Waals surface area (Å²) in [6, 6.07) is -0.570. The number of aromatic nitrogens is 2. The van der Waals surface area contributed by atoms with Crippen LogP contribution in [-0.2, 0) is 11.3 Å². The summed E-state index contributed by atoms with van der Waals surface area (Å²) in [5, 5.41) is 13.6. The van der Waals surface area contributed by atoms with Crippen molar-refractivity contribution in [2.45, 2.75) is 19.5 Å². The number of carboxylic acid groups (broad SMARTS) is 1. The highest BCUT2D eigenvalue weighted by Crippen LogP contribution is 2.21. The lowest BCUT2D eigenvalue weighted by Gasteiger charge is -2.35. The molecule has 0 saturated carbocycles. The van der Waals surface area contributed by atoms with Gasteiger partial charge in [-0.25, -0.2) is 0 Å². The molecule has 1 aliphatic heterocycles. The third-order valence-electron chi connectivity index (χ3n) is 3.43. The molecule has 100 valence electrons. The molecule has 6 heteroatoms. The first kappa shape index (κ1) is 13.0. The zero-order chi connectivity index (χ0) is 13.1. The predicted molar refractivity (Wildman–Crippen MR) is 67.3 cm³/mol. The molecule has 1 N–H and O–H groups in total. The van der Waals surface area contributed by atoms with E-state index in [-0.39, 0.29) is 0 Å². The molecule has 1 unspecified atom stereocenters. The lowest BCUT2D eigenvalue weighted by molar-refractivity contribution is -0.144. The Hall–Kier alpha value is -1.40. The summed E-state index contributed by atoms with van der Waals surface area (Å²) in [6.07, 6.45) is 3.50. The number of nitrogens with zero attached hydrogens (tertiary/aromatic N) is 4. The van der Waals surface area contributed by atoms with Crippen LogP contribution in [0.4, 0.5) is 0 Å². The number of likely N-dealkylation sites (N-methyl/N-ethyl adjacent to an activating group) is 1. The summed E-state index contributed by atoms with van der Waals surface area (Å²) in [5.41, 5.74) is 0.772. The van der Waals surface area contributed by atoms with E-state index in [2.05, 4.69) is 17.0 Å². The van der Waals surface area contributed by atoms with Crippen molar-refractivity contribution >= 4 is 5.97 Å². The average molecular weight is 252 g/mol. The van der Waals surface area contributed by atoms with Gasteiger partial charge in [-0.2, -0.15) is 5.10 Å². The maximum atomic E-state index is 11.5. The molecule has 2 rings (SSSR count). The Kier molecular flexibility index (Phi) is 3.98. The van der Waals surface area contributed by atoms with E-state index in [4.69, 9.17) is 0 Å². The van der Waals surface area contributed by atoms with Crippen LogP contribution in [0.2, 0.25) is 0 Å². The Labute approximate surface area is 107 Å². The van der Waals surface area contributed by atoms with E-state index in [0.717, 1.165) is 38.3 Å². The van der Waals surface area contributed by atoms with Gasteiger partial charge in [0.2, 0.25) is 0 Å². The highest BCUT2D eigenvalue weighted by Gasteiger charge is 2.30. The molecule has 6 nitrogen and oxygen atoms in total. The van der Waals surface area contributed by atoms with Crippen molar-refractivity contribution in [2.75, 3.05) is 33.2 Å². The van der Waals surface area contributed by atoms with Crippen molar-refractivity contribution in [3.63, 3.8) is 0 Å². The first-order valence-electron chi connectivity index (χ1n) is 6.29. The van der Waals surface area contributed by atoms with Gasteiger partial charge in [-0.05, 0) is 14.0 Å². The molecule has 1 atom stereocenters. The van der Waals surface area contributed by atoms with Crippen LogP contribution in [0, 0.1) is 0 Å². The zero-order valence-corrected chi connectivity index (χ0v) is 10.9. The van der Waals surface area contributed by atoms with Crippen LogP contribution in [-0.4, -0.2) is 63.9 Å². The van der Waals surface area contributed by atoms with Gasteiger partial charge in [-0.1, -0.05) is 0 Å². The topological polar surface area (TPSA) is 61.6 Å². The molecular weight excluding hydrogens is 232 g/mol. The maximum absolute atomic E-state index is 11.5. The minimum absolute atomic E-state index is 0.570. The van der Waals surface area contributed by atoms with Crippen molar-refractivity contribution in [3.8, 4) is 0 Å². The van der Waals surface area contributed by atoms with E-state index in [1.807, 2.05) is 18.0 Å². The molecule has 18 heavy (non-hydrogen) atoms. The van der Waals surface area contributed by atoms with Gasteiger partial charge >= 0.3 is 5.97 Å². The lowest BCUT2D eigenvalue weighted by atomic mass is 10.1. The van der Waals surface area contributed by atoms with E-state index >= 15 is 0 Å². The molecule has 1 aromatic heterocycles. The van der Waals surface area contributed by atoms with Gasteiger partial charge in [-0.3, -0.25) is 14.4 Å². The number of carbonyl (C=O) groups is 1. The van der Waals surface area contributed by atoms with Crippen LogP contribution in [0.25, 0.3) is 0 Å². The summed E-state index contributed by atoms with van der Waals surface area (Å²) in [4.78, 5) is 15.7. The Morgan fingerprint density at radius 1 is 1.44 bits per heavy atom. The molecule has 1 saturated heterocycles. The molecule has 1 aromatic rings. The van der Waals surface area contributed by atoms with Crippen molar-refractivity contribution in [1.29, 1.82) is 0 Å². The number of hydrogen-bond acceptors (Lipinski definition) is 4. The van der Waals surface area contributed by atoms with Crippen molar-refractivity contribution in [3.05, 3.63) is 18.0 Å². The molecule has 0 aromatic carbocycles. The summed E-state index contributed by atoms with van der Waals surface area (Å²) < 4.78 is 1.77. The Morgan fingerprint density at radius 3 is 2.61 bits per heavy atom. The smallest absolute Gasteiger partial charge is 0.325 e. The first-order valence-corrected chi connectivity index (χ1v) is 6.29. The van der Waals surface area contributed by atoms with Crippen LogP contribution in [0.15, 0.2) is 12.4 Å². The quantitative estimate of drug-likeness (QED) is 0.834. The first-order chi connectivity index (χ1) is 8.61. The summed E-state index contributed by atoms with van der Waals surface area (Å²) in [6.45, 7) is 6.13. The largest absolute Gasteiger partial charge is 0.480 e. The van der Waals surface area contributed by atoms with Gasteiger partial charge < -0.3 is 10.0 Å². The average Bonchev–Trinajstić information content (AvgIpc) is 2.80. The number of carboxylic acids is 1. The fraction of sp³-hybridized carbons (Fsp3) is 0.667. The van der Waals surface area contributed by atoms with Crippen LogP contribution >= 0.6 is 0 Å². The molecule has 0 aliphatic carbocycles. The molecule has 2 heterocycles. The summed E-state index contributed by atoms with van der Waals surface area (Å²) in [7, 11) is 2.06. The van der Waals surface area contributed by atoms with E-state index in [1.54, 1.807) is 10.9 Å². The summed E-state index contributed by atoms with van der Waals surface area (Å²) >= 11 is 0. The molecule has 0 amide bonds. The van der Waals surface area contributed by atoms with E-state index in [9.17, 15) is 9.90 Å². The van der Waals surface area contributed by atoms with Crippen LogP contribution in [0.5, 0.6) is 0 Å². The van der Waals surface area contributed by atoms with E-state index in [1.165, 1.54) is 0 Å². The Morgan fingerprint density at radius 2 is 2.11 bits per heavy atom. The molecule has 1 fully saturated rings. The standard InChI is InChI=1S/C12H20N4O2/c1-3-16-9-10(8-13-16)11(12(17)18)15-6-4-14(2)5-7-15/h8-9,11H,3-7H2,1-2H3,(H,17,18). The van der Waals surface area contributed by atoms with Gasteiger partial charge in [-0.15, -0.1) is 0 Å². The van der Waals surface area contributed by atoms with Gasteiger partial charge in [0.15, 0.2) is 0 Å². The van der Waals surface area contributed by atoms with E-state index < -0.39 is 12.0 Å². The second-order valence-corrected chi connectivity index (χ2v) is 4.71. The summed E-state index contributed by atoms with van der Waals surface area (Å²) in [5.74, 6) is -0.796. The number of hydrogen-bond donors (Lipinski definition) is 1. The molecule has 0 bridgehead atoms. The fourth-order valence-electron chi connectivity index (χ4n) is 2.28. The van der Waals surface area contributed by atoms with Gasteiger partial charge in [0.1, 0.15) is 6.04 Å². The number of rotatable bonds is 4. The monoisotopic (exact) mass is 252 g/mol. The van der Waals surface area contributed by atoms with Crippen LogP contribution in [0.3, 0.4) is 0 Å². The molecule has 0 radical (unpaired) electrons. The van der Waals surface area contributed by atoms with Gasteiger partial charge in [0.05, 0.1) is 6.20 Å². The number of piperazine rings is 1. The second-order valence-electron chi connectivity index (χ2n) is 4.71. The van der Waals surface area contributed by atoms with Crippen molar-refractivity contribution in [2.24, 2.45) is 0 Å². The minimum atomic E-state index is -0.796. The predicted octanol–water partition coefficient (Wildman–Crippen LogP) is 0.276. The van der Waals surface area contributed by atoms with E-state index in [0.29, 0.717) is 0 Å². The molecular formula is C12H20N4O2.